The Labute approximate surface area is 185 Å². The summed E-state index contributed by atoms with van der Waals surface area (Å²) in [6.07, 6.45) is 2.84. The average Bonchev–Trinajstić information content (AvgIpc) is 2.72. The second-order valence-corrected chi connectivity index (χ2v) is 9.06. The molecule has 0 spiro atoms. The lowest BCUT2D eigenvalue weighted by molar-refractivity contribution is -0.147. The van der Waals surface area contributed by atoms with E-state index in [9.17, 15) is 14.4 Å². The van der Waals surface area contributed by atoms with Crippen LogP contribution in [0.15, 0.2) is 30.3 Å². The fourth-order valence-corrected chi connectivity index (χ4v) is 3.98. The molecule has 0 saturated heterocycles. The van der Waals surface area contributed by atoms with Crippen LogP contribution < -0.4 is 5.32 Å². The molecule has 7 heteroatoms. The van der Waals surface area contributed by atoms with Gasteiger partial charge in [0, 0.05) is 19.0 Å². The maximum atomic E-state index is 13.4. The molecule has 3 atom stereocenters. The Hall–Kier alpha value is -2.57. The van der Waals surface area contributed by atoms with E-state index in [1.54, 1.807) is 20.8 Å². The van der Waals surface area contributed by atoms with Crippen LogP contribution in [0.4, 0.5) is 4.79 Å². The third kappa shape index (κ3) is 7.56. The van der Waals surface area contributed by atoms with Gasteiger partial charge in [0.25, 0.3) is 0 Å². The summed E-state index contributed by atoms with van der Waals surface area (Å²) in [5, 5.41) is 3.08. The van der Waals surface area contributed by atoms with Crippen molar-refractivity contribution >= 4 is 18.0 Å². The fraction of sp³-hybridized carbons (Fsp3) is 0.625. The Bertz CT molecular complexity index is 744. The quantitative estimate of drug-likeness (QED) is 0.664. The Morgan fingerprint density at radius 2 is 1.84 bits per heavy atom. The molecule has 1 aromatic rings. The minimum Gasteiger partial charge on any atom is -0.469 e. The highest BCUT2D eigenvalue weighted by Crippen LogP contribution is 2.26. The second kappa shape index (κ2) is 11.2. The molecule has 0 heterocycles. The number of methoxy groups -OCH3 is 1. The SMILES string of the molecule is CCN(C(=O)OC(C)(C)C)[C@@H](Cc1ccccc1)C(=O)N[C@H]1CCC[C@@H](C(=O)OC)C1. The molecular formula is C24H36N2O5. The number of nitrogens with zero attached hydrogens (tertiary/aromatic N) is 1. The monoisotopic (exact) mass is 432 g/mol. The maximum absolute atomic E-state index is 13.4. The van der Waals surface area contributed by atoms with Gasteiger partial charge in [0.05, 0.1) is 13.0 Å². The first-order chi connectivity index (χ1) is 14.6. The van der Waals surface area contributed by atoms with Gasteiger partial charge in [-0.3, -0.25) is 14.5 Å². The summed E-state index contributed by atoms with van der Waals surface area (Å²) in [5.74, 6) is -0.666. The molecule has 7 nitrogen and oxygen atoms in total. The van der Waals surface area contributed by atoms with E-state index in [0.717, 1.165) is 24.8 Å². The van der Waals surface area contributed by atoms with Crippen molar-refractivity contribution in [2.24, 2.45) is 5.92 Å². The number of esters is 1. The first-order valence-corrected chi connectivity index (χ1v) is 11.1. The largest absolute Gasteiger partial charge is 0.469 e. The molecule has 2 amide bonds. The van der Waals surface area contributed by atoms with E-state index in [4.69, 9.17) is 9.47 Å². The number of ether oxygens (including phenoxy) is 2. The van der Waals surface area contributed by atoms with Gasteiger partial charge in [-0.1, -0.05) is 36.8 Å². The summed E-state index contributed by atoms with van der Waals surface area (Å²) in [7, 11) is 1.39. The van der Waals surface area contributed by atoms with Crippen LogP contribution in [-0.2, 0) is 25.5 Å². The summed E-state index contributed by atoms with van der Waals surface area (Å²) in [6, 6.07) is 8.79. The number of hydrogen-bond acceptors (Lipinski definition) is 5. The van der Waals surface area contributed by atoms with Gasteiger partial charge in [0.15, 0.2) is 0 Å². The zero-order valence-electron chi connectivity index (χ0n) is 19.3. The number of carbonyl (C=O) groups is 3. The molecule has 1 fully saturated rings. The van der Waals surface area contributed by atoms with Crippen molar-refractivity contribution in [1.82, 2.24) is 10.2 Å². The minimum atomic E-state index is -0.708. The molecule has 1 saturated carbocycles. The lowest BCUT2D eigenvalue weighted by Crippen LogP contribution is -2.54. The number of nitrogens with one attached hydrogen (secondary N) is 1. The number of hydrogen-bond donors (Lipinski definition) is 1. The summed E-state index contributed by atoms with van der Waals surface area (Å²) in [6.45, 7) is 7.60. The van der Waals surface area contributed by atoms with E-state index >= 15 is 0 Å². The first-order valence-electron chi connectivity index (χ1n) is 11.1. The number of carbonyl (C=O) groups excluding carboxylic acids is 3. The molecule has 2 rings (SSSR count). The van der Waals surface area contributed by atoms with Gasteiger partial charge in [-0.15, -0.1) is 0 Å². The van der Waals surface area contributed by atoms with Crippen LogP contribution in [0, 0.1) is 5.92 Å². The van der Waals surface area contributed by atoms with Crippen molar-refractivity contribution in [2.75, 3.05) is 13.7 Å². The zero-order valence-corrected chi connectivity index (χ0v) is 19.3. The number of benzene rings is 1. The van der Waals surface area contributed by atoms with Gasteiger partial charge < -0.3 is 14.8 Å². The molecule has 1 aliphatic carbocycles. The Balaban J connectivity index is 2.19. The van der Waals surface area contributed by atoms with Gasteiger partial charge in [0.1, 0.15) is 11.6 Å². The van der Waals surface area contributed by atoms with Crippen LogP contribution in [-0.4, -0.2) is 54.2 Å². The van der Waals surface area contributed by atoms with E-state index in [2.05, 4.69) is 5.32 Å². The van der Waals surface area contributed by atoms with E-state index in [-0.39, 0.29) is 23.8 Å². The van der Waals surface area contributed by atoms with Crippen LogP contribution in [0.2, 0.25) is 0 Å². The minimum absolute atomic E-state index is 0.124. The third-order valence-electron chi connectivity index (χ3n) is 5.47. The number of likely N-dealkylation sites (N-methyl/N-ethyl adjacent to an activating group) is 1. The van der Waals surface area contributed by atoms with Gasteiger partial charge in [0.2, 0.25) is 5.91 Å². The summed E-state index contributed by atoms with van der Waals surface area (Å²) in [5.41, 5.74) is 0.302. The van der Waals surface area contributed by atoms with Crippen LogP contribution in [0.5, 0.6) is 0 Å². The van der Waals surface area contributed by atoms with Gasteiger partial charge in [-0.2, -0.15) is 0 Å². The van der Waals surface area contributed by atoms with E-state index in [1.807, 2.05) is 37.3 Å². The Morgan fingerprint density at radius 1 is 1.16 bits per heavy atom. The molecule has 0 aliphatic heterocycles. The van der Waals surface area contributed by atoms with Crippen LogP contribution >= 0.6 is 0 Å². The molecule has 31 heavy (non-hydrogen) atoms. The summed E-state index contributed by atoms with van der Waals surface area (Å²) in [4.78, 5) is 39.6. The predicted molar refractivity (Wildman–Crippen MR) is 118 cm³/mol. The third-order valence-corrected chi connectivity index (χ3v) is 5.47. The molecule has 0 unspecified atom stereocenters. The topological polar surface area (TPSA) is 84.9 Å². The zero-order chi connectivity index (χ0) is 23.0. The van der Waals surface area contributed by atoms with E-state index < -0.39 is 17.7 Å². The maximum Gasteiger partial charge on any atom is 0.410 e. The molecule has 0 radical (unpaired) electrons. The molecule has 0 bridgehead atoms. The molecule has 1 N–H and O–H groups in total. The normalized spacial score (nSPS) is 19.8. The molecular weight excluding hydrogens is 396 g/mol. The Kier molecular flexibility index (Phi) is 8.89. The van der Waals surface area contributed by atoms with E-state index in [1.165, 1.54) is 12.0 Å². The average molecular weight is 433 g/mol. The number of rotatable bonds is 7. The van der Waals surface area contributed by atoms with Gasteiger partial charge in [-0.25, -0.2) is 4.79 Å². The van der Waals surface area contributed by atoms with Gasteiger partial charge >= 0.3 is 12.1 Å². The summed E-state index contributed by atoms with van der Waals surface area (Å²) >= 11 is 0. The van der Waals surface area contributed by atoms with Crippen molar-refractivity contribution in [3.8, 4) is 0 Å². The molecule has 1 aliphatic rings. The van der Waals surface area contributed by atoms with Crippen LogP contribution in [0.1, 0.15) is 58.9 Å². The molecule has 1 aromatic carbocycles. The Morgan fingerprint density at radius 3 is 2.42 bits per heavy atom. The highest BCUT2D eigenvalue weighted by atomic mass is 16.6. The molecule has 172 valence electrons. The van der Waals surface area contributed by atoms with Crippen molar-refractivity contribution in [3.05, 3.63) is 35.9 Å². The highest BCUT2D eigenvalue weighted by molar-refractivity contribution is 5.86. The highest BCUT2D eigenvalue weighted by Gasteiger charge is 2.35. The molecule has 0 aromatic heterocycles. The standard InChI is InChI=1S/C24H36N2O5/c1-6-26(23(29)31-24(2,3)4)20(15-17-11-8-7-9-12-17)21(27)25-19-14-10-13-18(16-19)22(28)30-5/h7-9,11-12,18-20H,6,10,13-16H2,1-5H3,(H,25,27)/t18-,19+,20+/m1/s1. The second-order valence-electron chi connectivity index (χ2n) is 9.06. The number of amides is 2. The summed E-state index contributed by atoms with van der Waals surface area (Å²) < 4.78 is 10.4. The smallest absolute Gasteiger partial charge is 0.410 e. The lowest BCUT2D eigenvalue weighted by atomic mass is 9.85. The van der Waals surface area contributed by atoms with Crippen molar-refractivity contribution in [1.29, 1.82) is 0 Å². The van der Waals surface area contributed by atoms with E-state index in [0.29, 0.717) is 19.4 Å². The van der Waals surface area contributed by atoms with Gasteiger partial charge in [-0.05, 0) is 52.5 Å². The van der Waals surface area contributed by atoms with Crippen LogP contribution in [0.25, 0.3) is 0 Å². The fourth-order valence-electron chi connectivity index (χ4n) is 3.98. The van der Waals surface area contributed by atoms with Crippen molar-refractivity contribution < 1.29 is 23.9 Å². The lowest BCUT2D eigenvalue weighted by Gasteiger charge is -2.34. The van der Waals surface area contributed by atoms with Crippen LogP contribution in [0.3, 0.4) is 0 Å². The first kappa shape index (κ1) is 24.7. The van der Waals surface area contributed by atoms with Crippen molar-refractivity contribution in [2.45, 2.75) is 77.5 Å². The predicted octanol–water partition coefficient (Wildman–Crippen LogP) is 3.70. The van der Waals surface area contributed by atoms with Crippen molar-refractivity contribution in [3.63, 3.8) is 0 Å².